The van der Waals surface area contributed by atoms with Gasteiger partial charge in [-0.2, -0.15) is 4.98 Å². The topological polar surface area (TPSA) is 69.5 Å². The van der Waals surface area contributed by atoms with Gasteiger partial charge >= 0.3 is 0 Å². The third-order valence-corrected chi connectivity index (χ3v) is 5.83. The standard InChI is InChI=1S/C26H24N4O3/c1-2-24(31)29-15-12-19(13-16-29)30-17-14-23-25(30)26(28-18-27-23)33-22-10-8-21(9-11-22)32-20-6-4-3-5-7-20/h2-11,14,17-19H,1,12-13,15-16H2. The zero-order chi connectivity index (χ0) is 22.6. The predicted molar refractivity (Wildman–Crippen MR) is 126 cm³/mol. The van der Waals surface area contributed by atoms with E-state index >= 15 is 0 Å². The maximum atomic E-state index is 11.9. The van der Waals surface area contributed by atoms with Crippen molar-refractivity contribution in [2.75, 3.05) is 13.1 Å². The first-order valence-corrected chi connectivity index (χ1v) is 10.9. The third kappa shape index (κ3) is 4.43. The number of likely N-dealkylation sites (tertiary alicyclic amines) is 1. The molecule has 166 valence electrons. The molecule has 2 aromatic carbocycles. The lowest BCUT2D eigenvalue weighted by atomic mass is 10.0. The first kappa shape index (κ1) is 20.8. The molecule has 1 saturated heterocycles. The quantitative estimate of drug-likeness (QED) is 0.377. The van der Waals surface area contributed by atoms with Gasteiger partial charge in [0, 0.05) is 25.3 Å². The molecule has 33 heavy (non-hydrogen) atoms. The molecule has 0 bridgehead atoms. The maximum Gasteiger partial charge on any atom is 0.247 e. The number of nitrogens with zero attached hydrogens (tertiary/aromatic N) is 4. The van der Waals surface area contributed by atoms with Gasteiger partial charge in [-0.15, -0.1) is 0 Å². The Balaban J connectivity index is 1.34. The van der Waals surface area contributed by atoms with Gasteiger partial charge in [0.15, 0.2) is 0 Å². The van der Waals surface area contributed by atoms with Crippen molar-refractivity contribution in [3.8, 4) is 23.1 Å². The average Bonchev–Trinajstić information content (AvgIpc) is 3.31. The largest absolute Gasteiger partial charge is 0.457 e. The van der Waals surface area contributed by atoms with Crippen molar-refractivity contribution >= 4 is 16.9 Å². The summed E-state index contributed by atoms with van der Waals surface area (Å²) in [6.45, 7) is 4.98. The van der Waals surface area contributed by atoms with E-state index in [0.717, 1.165) is 35.4 Å². The smallest absolute Gasteiger partial charge is 0.247 e. The van der Waals surface area contributed by atoms with E-state index in [9.17, 15) is 4.79 Å². The molecule has 1 aliphatic heterocycles. The van der Waals surface area contributed by atoms with E-state index < -0.39 is 0 Å². The molecular weight excluding hydrogens is 416 g/mol. The van der Waals surface area contributed by atoms with Gasteiger partial charge in [0.05, 0.1) is 5.52 Å². The number of aromatic nitrogens is 3. The van der Waals surface area contributed by atoms with Gasteiger partial charge in [-0.05, 0) is 61.4 Å². The van der Waals surface area contributed by atoms with Gasteiger partial charge in [0.25, 0.3) is 0 Å². The SMILES string of the molecule is C=CC(=O)N1CCC(n2ccc3ncnc(Oc4ccc(Oc5ccccc5)cc4)c32)CC1. The number of fused-ring (bicyclic) bond motifs is 1. The summed E-state index contributed by atoms with van der Waals surface area (Å²) in [5.41, 5.74) is 1.68. The Kier molecular flexibility index (Phi) is 5.76. The van der Waals surface area contributed by atoms with Crippen LogP contribution in [0.15, 0.2) is 85.8 Å². The second-order valence-electron chi connectivity index (χ2n) is 7.88. The summed E-state index contributed by atoms with van der Waals surface area (Å²) in [5.74, 6) is 2.66. The van der Waals surface area contributed by atoms with E-state index in [1.807, 2.05) is 71.8 Å². The van der Waals surface area contributed by atoms with E-state index in [0.29, 0.717) is 24.7 Å². The second kappa shape index (κ2) is 9.16. The summed E-state index contributed by atoms with van der Waals surface area (Å²) in [6, 6.07) is 19.3. The minimum Gasteiger partial charge on any atom is -0.457 e. The molecule has 1 aliphatic rings. The highest BCUT2D eigenvalue weighted by Gasteiger charge is 2.25. The molecule has 0 atom stereocenters. The van der Waals surface area contributed by atoms with E-state index in [1.54, 1.807) is 0 Å². The van der Waals surface area contributed by atoms with Gasteiger partial charge in [-0.1, -0.05) is 24.8 Å². The molecule has 4 aromatic rings. The number of hydrogen-bond donors (Lipinski definition) is 0. The number of hydrogen-bond acceptors (Lipinski definition) is 5. The highest BCUT2D eigenvalue weighted by molar-refractivity contribution is 5.87. The monoisotopic (exact) mass is 440 g/mol. The number of rotatable bonds is 6. The summed E-state index contributed by atoms with van der Waals surface area (Å²) >= 11 is 0. The molecule has 0 aliphatic carbocycles. The average molecular weight is 441 g/mol. The fraction of sp³-hybridized carbons (Fsp3) is 0.192. The number of ether oxygens (including phenoxy) is 2. The van der Waals surface area contributed by atoms with Crippen LogP contribution in [0.4, 0.5) is 0 Å². The van der Waals surface area contributed by atoms with Crippen LogP contribution in [0, 0.1) is 0 Å². The fourth-order valence-electron chi connectivity index (χ4n) is 4.15. The maximum absolute atomic E-state index is 11.9. The molecule has 1 amide bonds. The van der Waals surface area contributed by atoms with Crippen LogP contribution >= 0.6 is 0 Å². The molecular formula is C26H24N4O3. The van der Waals surface area contributed by atoms with Crippen molar-refractivity contribution in [3.05, 3.63) is 85.8 Å². The Bertz CT molecular complexity index is 1260. The second-order valence-corrected chi connectivity index (χ2v) is 7.88. The molecule has 0 radical (unpaired) electrons. The van der Waals surface area contributed by atoms with E-state index in [2.05, 4.69) is 21.1 Å². The molecule has 0 saturated carbocycles. The zero-order valence-electron chi connectivity index (χ0n) is 18.1. The Hall–Kier alpha value is -4.13. The van der Waals surface area contributed by atoms with Crippen molar-refractivity contribution in [1.82, 2.24) is 19.4 Å². The van der Waals surface area contributed by atoms with Gasteiger partial charge in [0.1, 0.15) is 29.1 Å². The lowest BCUT2D eigenvalue weighted by molar-refractivity contribution is -0.127. The van der Waals surface area contributed by atoms with E-state index in [4.69, 9.17) is 9.47 Å². The Morgan fingerprint density at radius 2 is 1.58 bits per heavy atom. The highest BCUT2D eigenvalue weighted by atomic mass is 16.5. The molecule has 2 aromatic heterocycles. The van der Waals surface area contributed by atoms with Crippen LogP contribution in [0.5, 0.6) is 23.1 Å². The van der Waals surface area contributed by atoms with Gasteiger partial charge in [0.2, 0.25) is 11.8 Å². The Labute approximate surface area is 191 Å². The molecule has 7 nitrogen and oxygen atoms in total. The summed E-state index contributed by atoms with van der Waals surface area (Å²) in [7, 11) is 0. The summed E-state index contributed by atoms with van der Waals surface area (Å²) in [4.78, 5) is 22.6. The lowest BCUT2D eigenvalue weighted by Gasteiger charge is -2.32. The number of piperidine rings is 1. The van der Waals surface area contributed by atoms with E-state index in [-0.39, 0.29) is 11.9 Å². The molecule has 0 N–H and O–H groups in total. The first-order chi connectivity index (χ1) is 16.2. The zero-order valence-corrected chi connectivity index (χ0v) is 18.1. The van der Waals surface area contributed by atoms with E-state index in [1.165, 1.54) is 12.4 Å². The first-order valence-electron chi connectivity index (χ1n) is 10.9. The van der Waals surface area contributed by atoms with Gasteiger partial charge in [-0.25, -0.2) is 4.98 Å². The fourth-order valence-corrected chi connectivity index (χ4v) is 4.15. The molecule has 0 unspecified atom stereocenters. The molecule has 0 spiro atoms. The number of benzene rings is 2. The van der Waals surface area contributed by atoms with Crippen molar-refractivity contribution in [1.29, 1.82) is 0 Å². The number of carbonyl (C=O) groups is 1. The molecule has 7 heteroatoms. The van der Waals surface area contributed by atoms with Crippen LogP contribution in [-0.4, -0.2) is 38.4 Å². The Morgan fingerprint density at radius 3 is 2.27 bits per heavy atom. The van der Waals surface area contributed by atoms with Crippen LogP contribution in [0.1, 0.15) is 18.9 Å². The molecule has 3 heterocycles. The third-order valence-electron chi connectivity index (χ3n) is 5.83. The summed E-state index contributed by atoms with van der Waals surface area (Å²) in [6.07, 6.45) is 6.62. The number of para-hydroxylation sites is 1. The highest BCUT2D eigenvalue weighted by Crippen LogP contribution is 2.33. The van der Waals surface area contributed by atoms with Crippen LogP contribution in [0.3, 0.4) is 0 Å². The Morgan fingerprint density at radius 1 is 0.909 bits per heavy atom. The van der Waals surface area contributed by atoms with Crippen LogP contribution in [0.25, 0.3) is 11.0 Å². The van der Waals surface area contributed by atoms with Crippen LogP contribution in [0.2, 0.25) is 0 Å². The normalized spacial score (nSPS) is 14.2. The molecule has 1 fully saturated rings. The summed E-state index contributed by atoms with van der Waals surface area (Å²) < 4.78 is 14.2. The van der Waals surface area contributed by atoms with Gasteiger partial charge in [-0.3, -0.25) is 4.79 Å². The molecule has 5 rings (SSSR count). The minimum absolute atomic E-state index is 0.0159. The van der Waals surface area contributed by atoms with Crippen LogP contribution < -0.4 is 9.47 Å². The van der Waals surface area contributed by atoms with Gasteiger partial charge < -0.3 is 18.9 Å². The van der Waals surface area contributed by atoms with Crippen molar-refractivity contribution in [2.24, 2.45) is 0 Å². The van der Waals surface area contributed by atoms with Crippen molar-refractivity contribution < 1.29 is 14.3 Å². The van der Waals surface area contributed by atoms with Crippen molar-refractivity contribution in [2.45, 2.75) is 18.9 Å². The number of amides is 1. The van der Waals surface area contributed by atoms with Crippen molar-refractivity contribution in [3.63, 3.8) is 0 Å². The predicted octanol–water partition coefficient (Wildman–Crippen LogP) is 5.37. The van der Waals surface area contributed by atoms with Crippen LogP contribution in [-0.2, 0) is 4.79 Å². The minimum atomic E-state index is -0.0159. The number of carbonyl (C=O) groups excluding carboxylic acids is 1. The lowest BCUT2D eigenvalue weighted by Crippen LogP contribution is -2.38. The summed E-state index contributed by atoms with van der Waals surface area (Å²) in [5, 5.41) is 0.